The molecule has 1 atom stereocenters. The number of carbonyl (C=O) groups excluding carboxylic acids is 2. The molecule has 0 radical (unpaired) electrons. The summed E-state index contributed by atoms with van der Waals surface area (Å²) in [5.41, 5.74) is 0.310. The number of aromatic nitrogens is 1. The highest BCUT2D eigenvalue weighted by atomic mass is 79.9. The van der Waals surface area contributed by atoms with Crippen molar-refractivity contribution in [1.82, 2.24) is 4.98 Å². The van der Waals surface area contributed by atoms with Crippen LogP contribution in [0.3, 0.4) is 0 Å². The minimum atomic E-state index is -0.402. The maximum atomic E-state index is 12.4. The summed E-state index contributed by atoms with van der Waals surface area (Å²) in [5.74, 6) is 0.338. The van der Waals surface area contributed by atoms with Crippen LogP contribution in [0.2, 0.25) is 0 Å². The summed E-state index contributed by atoms with van der Waals surface area (Å²) < 4.78 is 11.1. The van der Waals surface area contributed by atoms with Crippen LogP contribution in [0.1, 0.15) is 43.1 Å². The maximum Gasteiger partial charge on any atom is 0.228 e. The minimum Gasteiger partial charge on any atom is -0.356 e. The molecule has 0 spiro atoms. The van der Waals surface area contributed by atoms with Crippen molar-refractivity contribution in [2.75, 3.05) is 19.0 Å². The van der Waals surface area contributed by atoms with Gasteiger partial charge in [0.25, 0.3) is 0 Å². The molecule has 2 rings (SSSR count). The average Bonchev–Trinajstić information content (AvgIpc) is 3.37. The van der Waals surface area contributed by atoms with E-state index in [1.165, 1.54) is 0 Å². The van der Waals surface area contributed by atoms with E-state index in [1.807, 2.05) is 6.92 Å². The maximum absolute atomic E-state index is 12.4. The zero-order chi connectivity index (χ0) is 16.8. The molecular weight excluding hydrogens is 364 g/mol. The number of nitrogens with zero attached hydrogens (tertiary/aromatic N) is 1. The van der Waals surface area contributed by atoms with Gasteiger partial charge in [0.15, 0.2) is 12.1 Å². The normalized spacial score (nSPS) is 15.3. The molecule has 1 aliphatic carbocycles. The predicted molar refractivity (Wildman–Crippen MR) is 89.3 cm³/mol. The molecule has 23 heavy (non-hydrogen) atoms. The number of pyridine rings is 1. The van der Waals surface area contributed by atoms with Gasteiger partial charge in [-0.25, -0.2) is 4.98 Å². The van der Waals surface area contributed by atoms with Crippen molar-refractivity contribution < 1.29 is 19.1 Å². The Morgan fingerprint density at radius 3 is 2.78 bits per heavy atom. The highest BCUT2D eigenvalue weighted by molar-refractivity contribution is 9.10. The van der Waals surface area contributed by atoms with E-state index in [0.717, 1.165) is 12.8 Å². The molecule has 1 saturated carbocycles. The Morgan fingerprint density at radius 1 is 1.43 bits per heavy atom. The molecule has 126 valence electrons. The third-order valence-corrected chi connectivity index (χ3v) is 4.17. The topological polar surface area (TPSA) is 77.5 Å². The van der Waals surface area contributed by atoms with Gasteiger partial charge in [0.2, 0.25) is 5.91 Å². The van der Waals surface area contributed by atoms with Gasteiger partial charge >= 0.3 is 0 Å². The molecular formula is C16H21BrN2O4. The molecule has 1 aromatic heterocycles. The SMILES string of the molecule is CCOC(CCC(=O)c1nc(NC(=O)C2CC2)ccc1Br)OC. The van der Waals surface area contributed by atoms with E-state index >= 15 is 0 Å². The van der Waals surface area contributed by atoms with Crippen molar-refractivity contribution in [3.05, 3.63) is 22.3 Å². The summed E-state index contributed by atoms with van der Waals surface area (Å²) >= 11 is 3.33. The third-order valence-electron chi connectivity index (χ3n) is 3.53. The smallest absolute Gasteiger partial charge is 0.228 e. The van der Waals surface area contributed by atoms with E-state index in [1.54, 1.807) is 19.2 Å². The molecule has 0 bridgehead atoms. The quantitative estimate of drug-likeness (QED) is 0.522. The average molecular weight is 385 g/mol. The molecule has 6 nitrogen and oxygen atoms in total. The first-order valence-corrected chi connectivity index (χ1v) is 8.49. The molecule has 1 unspecified atom stereocenters. The minimum absolute atomic E-state index is 0.0333. The fourth-order valence-electron chi connectivity index (χ4n) is 2.10. The van der Waals surface area contributed by atoms with Gasteiger partial charge in [0, 0.05) is 36.9 Å². The second kappa shape index (κ2) is 8.52. The highest BCUT2D eigenvalue weighted by Crippen LogP contribution is 2.30. The van der Waals surface area contributed by atoms with Crippen LogP contribution in [-0.4, -0.2) is 36.7 Å². The van der Waals surface area contributed by atoms with Gasteiger partial charge in [-0.1, -0.05) is 0 Å². The Labute approximate surface area is 144 Å². The lowest BCUT2D eigenvalue weighted by molar-refractivity contribution is -0.123. The highest BCUT2D eigenvalue weighted by Gasteiger charge is 2.30. The number of carbonyl (C=O) groups is 2. The van der Waals surface area contributed by atoms with Gasteiger partial charge in [0.05, 0.1) is 0 Å². The van der Waals surface area contributed by atoms with Crippen molar-refractivity contribution in [3.8, 4) is 0 Å². The lowest BCUT2D eigenvalue weighted by Crippen LogP contribution is -2.18. The zero-order valence-electron chi connectivity index (χ0n) is 13.3. The van der Waals surface area contributed by atoms with Gasteiger partial charge in [-0.2, -0.15) is 0 Å². The number of hydrogen-bond donors (Lipinski definition) is 1. The van der Waals surface area contributed by atoms with E-state index < -0.39 is 6.29 Å². The van der Waals surface area contributed by atoms with E-state index in [-0.39, 0.29) is 24.0 Å². The molecule has 0 saturated heterocycles. The number of anilines is 1. The summed E-state index contributed by atoms with van der Waals surface area (Å²) in [7, 11) is 1.55. The Hall–Kier alpha value is -1.31. The summed E-state index contributed by atoms with van der Waals surface area (Å²) in [6.45, 7) is 2.40. The van der Waals surface area contributed by atoms with Crippen LogP contribution in [0.25, 0.3) is 0 Å². The number of ether oxygens (including phenoxy) is 2. The standard InChI is InChI=1S/C16H21BrN2O4/c1-3-23-14(22-2)9-7-12(20)15-11(17)6-8-13(18-15)19-16(21)10-4-5-10/h6,8,10,14H,3-5,7,9H2,1-2H3,(H,18,19,21). The zero-order valence-corrected chi connectivity index (χ0v) is 14.9. The van der Waals surface area contributed by atoms with Crippen LogP contribution < -0.4 is 5.32 Å². The molecule has 1 heterocycles. The van der Waals surface area contributed by atoms with Gasteiger partial charge in [0.1, 0.15) is 11.5 Å². The summed E-state index contributed by atoms with van der Waals surface area (Å²) in [6, 6.07) is 3.40. The van der Waals surface area contributed by atoms with Crippen molar-refractivity contribution in [3.63, 3.8) is 0 Å². The Balaban J connectivity index is 1.99. The predicted octanol–water partition coefficient (Wildman–Crippen LogP) is 3.16. The van der Waals surface area contributed by atoms with E-state index in [9.17, 15) is 9.59 Å². The Bertz CT molecular complexity index is 575. The number of rotatable bonds is 9. The van der Waals surface area contributed by atoms with Crippen molar-refractivity contribution in [2.24, 2.45) is 5.92 Å². The molecule has 1 aromatic rings. The Morgan fingerprint density at radius 2 is 2.17 bits per heavy atom. The number of nitrogens with one attached hydrogen (secondary N) is 1. The second-order valence-electron chi connectivity index (χ2n) is 5.37. The first kappa shape index (κ1) is 18.0. The molecule has 7 heteroatoms. The molecule has 1 aliphatic rings. The number of halogens is 1. The van der Waals surface area contributed by atoms with Crippen LogP contribution in [0.5, 0.6) is 0 Å². The van der Waals surface area contributed by atoms with Crippen molar-refractivity contribution in [2.45, 2.75) is 38.9 Å². The van der Waals surface area contributed by atoms with Crippen LogP contribution in [0.15, 0.2) is 16.6 Å². The molecule has 1 fully saturated rings. The lowest BCUT2D eigenvalue weighted by Gasteiger charge is -2.14. The Kier molecular flexibility index (Phi) is 6.68. The van der Waals surface area contributed by atoms with Crippen molar-refractivity contribution >= 4 is 33.4 Å². The van der Waals surface area contributed by atoms with Gasteiger partial charge in [-0.3, -0.25) is 9.59 Å². The number of amides is 1. The molecule has 1 amide bonds. The number of hydrogen-bond acceptors (Lipinski definition) is 5. The van der Waals surface area contributed by atoms with Crippen LogP contribution in [0, 0.1) is 5.92 Å². The van der Waals surface area contributed by atoms with Crippen LogP contribution in [0.4, 0.5) is 5.82 Å². The number of methoxy groups -OCH3 is 1. The molecule has 0 aromatic carbocycles. The first-order chi connectivity index (χ1) is 11.0. The summed E-state index contributed by atoms with van der Waals surface area (Å²) in [4.78, 5) is 28.4. The summed E-state index contributed by atoms with van der Waals surface area (Å²) in [5, 5.41) is 2.75. The molecule has 1 N–H and O–H groups in total. The van der Waals surface area contributed by atoms with Gasteiger partial charge in [-0.15, -0.1) is 0 Å². The van der Waals surface area contributed by atoms with Crippen molar-refractivity contribution in [1.29, 1.82) is 0 Å². The summed E-state index contributed by atoms with van der Waals surface area (Å²) in [6.07, 6.45) is 2.15. The second-order valence-corrected chi connectivity index (χ2v) is 6.23. The first-order valence-electron chi connectivity index (χ1n) is 7.70. The van der Waals surface area contributed by atoms with Crippen LogP contribution in [-0.2, 0) is 14.3 Å². The largest absolute Gasteiger partial charge is 0.356 e. The van der Waals surface area contributed by atoms with Crippen LogP contribution >= 0.6 is 15.9 Å². The fraction of sp³-hybridized carbons (Fsp3) is 0.562. The van der Waals surface area contributed by atoms with E-state index in [4.69, 9.17) is 9.47 Å². The molecule has 0 aliphatic heterocycles. The van der Waals surface area contributed by atoms with Gasteiger partial charge in [-0.05, 0) is 47.8 Å². The fourth-order valence-corrected chi connectivity index (χ4v) is 2.55. The third kappa shape index (κ3) is 5.37. The van der Waals surface area contributed by atoms with E-state index in [2.05, 4.69) is 26.2 Å². The van der Waals surface area contributed by atoms with E-state index in [0.29, 0.717) is 29.0 Å². The number of Topliss-reactive ketones (excluding diaryl/α,β-unsaturated/α-hetero) is 1. The monoisotopic (exact) mass is 384 g/mol. The van der Waals surface area contributed by atoms with Gasteiger partial charge < -0.3 is 14.8 Å². The number of ketones is 1. The lowest BCUT2D eigenvalue weighted by atomic mass is 10.1.